The van der Waals surface area contributed by atoms with Crippen LogP contribution in [0.1, 0.15) is 24.0 Å². The summed E-state index contributed by atoms with van der Waals surface area (Å²) < 4.78 is 16.7. The van der Waals surface area contributed by atoms with Crippen LogP contribution in [-0.4, -0.2) is 39.6 Å². The number of hydrogen-bond donors (Lipinski definition) is 2. The second kappa shape index (κ2) is 8.52. The van der Waals surface area contributed by atoms with Gasteiger partial charge >= 0.3 is 0 Å². The first-order valence-corrected chi connectivity index (χ1v) is 9.75. The second-order valence-electron chi connectivity index (χ2n) is 7.23. The Kier molecular flexibility index (Phi) is 5.67. The molecule has 2 aliphatic rings. The largest absolute Gasteiger partial charge is 0.454 e. The van der Waals surface area contributed by atoms with Gasteiger partial charge in [-0.2, -0.15) is 0 Å². The molecular weight excluding hydrogens is 354 g/mol. The van der Waals surface area contributed by atoms with Crippen molar-refractivity contribution in [3.63, 3.8) is 0 Å². The standard InChI is InChI=1S/C22H27N3O3/c1-23-21(24-14-17-5-3-2-4-6-17)25-15-22(9-11-26-12-10-22)18-7-8-19-20(13-18)28-16-27-19/h2-8,13H,9-12,14-16H2,1H3,(H2,23,24,25). The van der Waals surface area contributed by atoms with Crippen LogP contribution in [0.5, 0.6) is 11.5 Å². The number of rotatable bonds is 5. The molecule has 0 aromatic heterocycles. The molecule has 4 rings (SSSR count). The summed E-state index contributed by atoms with van der Waals surface area (Å²) >= 11 is 0. The molecule has 28 heavy (non-hydrogen) atoms. The molecule has 6 heteroatoms. The van der Waals surface area contributed by atoms with Crippen molar-refractivity contribution in [3.8, 4) is 11.5 Å². The minimum Gasteiger partial charge on any atom is -0.454 e. The molecule has 0 radical (unpaired) electrons. The summed E-state index contributed by atoms with van der Waals surface area (Å²) in [6, 6.07) is 16.6. The molecule has 2 aliphatic heterocycles. The average molecular weight is 381 g/mol. The molecule has 6 nitrogen and oxygen atoms in total. The van der Waals surface area contributed by atoms with Gasteiger partial charge in [-0.25, -0.2) is 0 Å². The number of benzene rings is 2. The Balaban J connectivity index is 1.45. The molecule has 0 saturated carbocycles. The molecule has 0 atom stereocenters. The maximum absolute atomic E-state index is 5.65. The van der Waals surface area contributed by atoms with Gasteiger partial charge in [0.25, 0.3) is 0 Å². The monoisotopic (exact) mass is 381 g/mol. The Labute approximate surface area is 165 Å². The zero-order valence-corrected chi connectivity index (χ0v) is 16.2. The lowest BCUT2D eigenvalue weighted by atomic mass is 9.74. The molecule has 0 bridgehead atoms. The lowest BCUT2D eigenvalue weighted by molar-refractivity contribution is 0.0513. The number of ether oxygens (including phenoxy) is 3. The SMILES string of the molecule is CN=C(NCc1ccccc1)NCC1(c2ccc3c(c2)OCO3)CCOCC1. The predicted molar refractivity (Wildman–Crippen MR) is 109 cm³/mol. The highest BCUT2D eigenvalue weighted by molar-refractivity contribution is 5.79. The van der Waals surface area contributed by atoms with Crippen LogP contribution in [0.3, 0.4) is 0 Å². The summed E-state index contributed by atoms with van der Waals surface area (Å²) in [5.74, 6) is 2.45. The third-order valence-electron chi connectivity index (χ3n) is 5.56. The van der Waals surface area contributed by atoms with Crippen LogP contribution in [0.25, 0.3) is 0 Å². The molecule has 2 N–H and O–H groups in total. The van der Waals surface area contributed by atoms with Crippen LogP contribution in [0, 0.1) is 0 Å². The maximum Gasteiger partial charge on any atom is 0.231 e. The molecule has 0 unspecified atom stereocenters. The summed E-state index contributed by atoms with van der Waals surface area (Å²) in [6.07, 6.45) is 1.91. The van der Waals surface area contributed by atoms with Gasteiger partial charge in [0, 0.05) is 38.8 Å². The van der Waals surface area contributed by atoms with Crippen LogP contribution >= 0.6 is 0 Å². The van der Waals surface area contributed by atoms with Crippen LogP contribution < -0.4 is 20.1 Å². The Morgan fingerprint density at radius 2 is 1.79 bits per heavy atom. The first-order chi connectivity index (χ1) is 13.8. The number of hydrogen-bond acceptors (Lipinski definition) is 4. The van der Waals surface area contributed by atoms with E-state index in [1.165, 1.54) is 11.1 Å². The van der Waals surface area contributed by atoms with Crippen molar-refractivity contribution in [1.29, 1.82) is 0 Å². The number of fused-ring (bicyclic) bond motifs is 1. The Hall–Kier alpha value is -2.73. The lowest BCUT2D eigenvalue weighted by Gasteiger charge is -2.38. The predicted octanol–water partition coefficient (Wildman–Crippen LogP) is 2.83. The summed E-state index contributed by atoms with van der Waals surface area (Å²) in [5.41, 5.74) is 2.46. The zero-order valence-electron chi connectivity index (χ0n) is 16.2. The summed E-state index contributed by atoms with van der Waals surface area (Å²) in [7, 11) is 1.80. The number of nitrogens with one attached hydrogen (secondary N) is 2. The first-order valence-electron chi connectivity index (χ1n) is 9.75. The van der Waals surface area contributed by atoms with E-state index in [-0.39, 0.29) is 5.41 Å². The Morgan fingerprint density at radius 1 is 1.00 bits per heavy atom. The van der Waals surface area contributed by atoms with Gasteiger partial charge in [-0.15, -0.1) is 0 Å². The van der Waals surface area contributed by atoms with E-state index in [0.29, 0.717) is 6.79 Å². The molecule has 2 aromatic carbocycles. The van der Waals surface area contributed by atoms with E-state index in [4.69, 9.17) is 14.2 Å². The molecule has 2 heterocycles. The van der Waals surface area contributed by atoms with Crippen molar-refractivity contribution in [2.75, 3.05) is 33.6 Å². The van der Waals surface area contributed by atoms with E-state index in [1.54, 1.807) is 7.05 Å². The van der Waals surface area contributed by atoms with E-state index in [9.17, 15) is 0 Å². The molecule has 0 aliphatic carbocycles. The van der Waals surface area contributed by atoms with Crippen molar-refractivity contribution in [1.82, 2.24) is 10.6 Å². The van der Waals surface area contributed by atoms with Gasteiger partial charge in [-0.1, -0.05) is 36.4 Å². The molecule has 0 spiro atoms. The third kappa shape index (κ3) is 4.07. The number of nitrogens with zero attached hydrogens (tertiary/aromatic N) is 1. The van der Waals surface area contributed by atoms with E-state index < -0.39 is 0 Å². The van der Waals surface area contributed by atoms with Crippen LogP contribution in [-0.2, 0) is 16.7 Å². The Morgan fingerprint density at radius 3 is 2.57 bits per heavy atom. The molecule has 1 fully saturated rings. The van der Waals surface area contributed by atoms with Crippen LogP contribution in [0.4, 0.5) is 0 Å². The van der Waals surface area contributed by atoms with Gasteiger partial charge in [0.05, 0.1) is 0 Å². The zero-order chi connectivity index (χ0) is 19.2. The van der Waals surface area contributed by atoms with E-state index in [1.807, 2.05) is 24.3 Å². The lowest BCUT2D eigenvalue weighted by Crippen LogP contribution is -2.47. The minimum atomic E-state index is -0.0242. The fraction of sp³-hybridized carbons (Fsp3) is 0.409. The highest BCUT2D eigenvalue weighted by Crippen LogP contribution is 2.40. The highest BCUT2D eigenvalue weighted by Gasteiger charge is 2.35. The molecule has 0 amide bonds. The van der Waals surface area contributed by atoms with Crippen LogP contribution in [0.15, 0.2) is 53.5 Å². The molecule has 2 aromatic rings. The van der Waals surface area contributed by atoms with E-state index in [0.717, 1.165) is 56.6 Å². The normalized spacial score (nSPS) is 18.0. The highest BCUT2D eigenvalue weighted by atomic mass is 16.7. The molecule has 148 valence electrons. The van der Waals surface area contributed by atoms with Crippen molar-refractivity contribution in [2.24, 2.45) is 4.99 Å². The van der Waals surface area contributed by atoms with Crippen molar-refractivity contribution in [3.05, 3.63) is 59.7 Å². The van der Waals surface area contributed by atoms with Gasteiger partial charge in [0.1, 0.15) is 0 Å². The average Bonchev–Trinajstić information content (AvgIpc) is 3.23. The summed E-state index contributed by atoms with van der Waals surface area (Å²) in [6.45, 7) is 3.33. The van der Waals surface area contributed by atoms with Gasteiger partial charge in [0.2, 0.25) is 6.79 Å². The van der Waals surface area contributed by atoms with Crippen molar-refractivity contribution in [2.45, 2.75) is 24.8 Å². The summed E-state index contributed by atoms with van der Waals surface area (Å²) in [5, 5.41) is 6.93. The van der Waals surface area contributed by atoms with E-state index >= 15 is 0 Å². The molecule has 1 saturated heterocycles. The van der Waals surface area contributed by atoms with Gasteiger partial charge in [0.15, 0.2) is 17.5 Å². The van der Waals surface area contributed by atoms with Gasteiger partial charge < -0.3 is 24.8 Å². The van der Waals surface area contributed by atoms with Gasteiger partial charge in [-0.3, -0.25) is 4.99 Å². The van der Waals surface area contributed by atoms with Gasteiger partial charge in [-0.05, 0) is 36.1 Å². The molecular formula is C22H27N3O3. The van der Waals surface area contributed by atoms with Crippen LogP contribution in [0.2, 0.25) is 0 Å². The van der Waals surface area contributed by atoms with E-state index in [2.05, 4.69) is 39.9 Å². The number of aliphatic imine (C=N–C) groups is 1. The topological polar surface area (TPSA) is 64.1 Å². The minimum absolute atomic E-state index is 0.0242. The maximum atomic E-state index is 5.65. The summed E-state index contributed by atoms with van der Waals surface area (Å²) in [4.78, 5) is 4.39. The van der Waals surface area contributed by atoms with Crippen molar-refractivity contribution >= 4 is 5.96 Å². The second-order valence-corrected chi connectivity index (χ2v) is 7.23. The number of guanidine groups is 1. The first kappa shape index (κ1) is 18.6. The van der Waals surface area contributed by atoms with Crippen molar-refractivity contribution < 1.29 is 14.2 Å². The fourth-order valence-corrected chi connectivity index (χ4v) is 3.81. The smallest absolute Gasteiger partial charge is 0.231 e. The quantitative estimate of drug-likeness (QED) is 0.616. The Bertz CT molecular complexity index is 817. The fourth-order valence-electron chi connectivity index (χ4n) is 3.81. The third-order valence-corrected chi connectivity index (χ3v) is 5.56.